The zero-order valence-electron chi connectivity index (χ0n) is 14.7. The third kappa shape index (κ3) is 5.18. The molecule has 1 N–H and O–H groups in total. The second-order valence-corrected chi connectivity index (χ2v) is 6.60. The predicted octanol–water partition coefficient (Wildman–Crippen LogP) is 4.08. The topological polar surface area (TPSA) is 97.5 Å². The van der Waals surface area contributed by atoms with Crippen LogP contribution in [0.2, 0.25) is 0 Å². The number of para-hydroxylation sites is 1. The Kier molecular flexibility index (Phi) is 6.37. The van der Waals surface area contributed by atoms with Crippen molar-refractivity contribution >= 4 is 35.2 Å². The van der Waals surface area contributed by atoms with Gasteiger partial charge in [0.25, 0.3) is 5.69 Å². The molecule has 0 unspecified atom stereocenters. The standard InChI is InChI=1S/C20H16N4O3S/c25-19(13-20-22-17(14-28-20)15-7-2-1-3-8-15)23-21-12-6-10-16-9-4-5-11-18(16)24(26)27/h1-12,14H,13H2,(H,23,25)/b10-6+,21-12-. The summed E-state index contributed by atoms with van der Waals surface area (Å²) in [5.74, 6) is -0.288. The van der Waals surface area contributed by atoms with Crippen molar-refractivity contribution in [3.8, 4) is 11.3 Å². The summed E-state index contributed by atoms with van der Waals surface area (Å²) in [6.07, 6.45) is 4.58. The summed E-state index contributed by atoms with van der Waals surface area (Å²) >= 11 is 1.42. The van der Waals surface area contributed by atoms with E-state index in [-0.39, 0.29) is 18.0 Å². The zero-order valence-corrected chi connectivity index (χ0v) is 15.5. The number of nitrogens with one attached hydrogen (secondary N) is 1. The first-order valence-corrected chi connectivity index (χ1v) is 9.23. The molecule has 0 aliphatic rings. The molecule has 0 saturated heterocycles. The third-order valence-corrected chi connectivity index (χ3v) is 4.54. The highest BCUT2D eigenvalue weighted by atomic mass is 32.1. The monoisotopic (exact) mass is 392 g/mol. The molecule has 0 spiro atoms. The molecule has 28 heavy (non-hydrogen) atoms. The van der Waals surface area contributed by atoms with E-state index in [0.717, 1.165) is 11.3 Å². The van der Waals surface area contributed by atoms with E-state index in [0.29, 0.717) is 10.6 Å². The number of allylic oxidation sites excluding steroid dienone is 1. The maximum absolute atomic E-state index is 12.0. The molecular formula is C20H16N4O3S. The highest BCUT2D eigenvalue weighted by Gasteiger charge is 2.09. The Bertz CT molecular complexity index is 1030. The molecule has 8 heteroatoms. The lowest BCUT2D eigenvalue weighted by molar-refractivity contribution is -0.385. The molecule has 2 aromatic carbocycles. The number of hydrogen-bond acceptors (Lipinski definition) is 6. The predicted molar refractivity (Wildman–Crippen MR) is 110 cm³/mol. The molecule has 3 rings (SSSR count). The van der Waals surface area contributed by atoms with Gasteiger partial charge in [0.15, 0.2) is 0 Å². The van der Waals surface area contributed by atoms with Gasteiger partial charge in [-0.05, 0) is 18.2 Å². The van der Waals surface area contributed by atoms with Crippen LogP contribution in [0.1, 0.15) is 10.6 Å². The quantitative estimate of drug-likeness (QED) is 0.372. The lowest BCUT2D eigenvalue weighted by Crippen LogP contribution is -2.19. The second kappa shape index (κ2) is 9.33. The molecule has 7 nitrogen and oxygen atoms in total. The molecule has 1 amide bonds. The zero-order chi connectivity index (χ0) is 19.8. The summed E-state index contributed by atoms with van der Waals surface area (Å²) in [5.41, 5.74) is 4.72. The van der Waals surface area contributed by atoms with E-state index >= 15 is 0 Å². The minimum absolute atomic E-state index is 0.00850. The van der Waals surface area contributed by atoms with Gasteiger partial charge < -0.3 is 0 Å². The van der Waals surface area contributed by atoms with Gasteiger partial charge in [0.05, 0.1) is 22.6 Å². The molecule has 0 aliphatic carbocycles. The summed E-state index contributed by atoms with van der Waals surface area (Å²) < 4.78 is 0. The van der Waals surface area contributed by atoms with Crippen LogP contribution in [0.3, 0.4) is 0 Å². The number of thiazole rings is 1. The number of nitro groups is 1. The van der Waals surface area contributed by atoms with E-state index in [1.165, 1.54) is 29.7 Å². The molecule has 0 aliphatic heterocycles. The van der Waals surface area contributed by atoms with Crippen LogP contribution in [0.4, 0.5) is 5.69 Å². The molecular weight excluding hydrogens is 376 g/mol. The van der Waals surface area contributed by atoms with Crippen LogP contribution < -0.4 is 5.43 Å². The van der Waals surface area contributed by atoms with Crippen molar-refractivity contribution in [2.45, 2.75) is 6.42 Å². The van der Waals surface area contributed by atoms with Crippen molar-refractivity contribution in [1.29, 1.82) is 0 Å². The molecule has 1 heterocycles. The number of nitro benzene ring substituents is 1. The summed E-state index contributed by atoms with van der Waals surface area (Å²) in [7, 11) is 0. The minimum Gasteiger partial charge on any atom is -0.273 e. The third-order valence-electron chi connectivity index (χ3n) is 3.69. The first kappa shape index (κ1) is 19.1. The van der Waals surface area contributed by atoms with Gasteiger partial charge in [-0.15, -0.1) is 11.3 Å². The van der Waals surface area contributed by atoms with E-state index in [1.807, 2.05) is 35.7 Å². The first-order valence-electron chi connectivity index (χ1n) is 8.35. The molecule has 3 aromatic rings. The van der Waals surface area contributed by atoms with Crippen LogP contribution in [0.25, 0.3) is 17.3 Å². The maximum Gasteiger partial charge on any atom is 0.276 e. The summed E-state index contributed by atoms with van der Waals surface area (Å²) in [6, 6.07) is 16.1. The SMILES string of the molecule is O=C(Cc1nc(-c2ccccc2)cs1)N/N=C\C=C\c1ccccc1[N+](=O)[O-]. The van der Waals surface area contributed by atoms with Gasteiger partial charge in [0, 0.05) is 23.2 Å². The Hall–Kier alpha value is -3.65. The van der Waals surface area contributed by atoms with Gasteiger partial charge in [0.1, 0.15) is 5.01 Å². The van der Waals surface area contributed by atoms with Crippen LogP contribution in [0.15, 0.2) is 71.2 Å². The maximum atomic E-state index is 12.0. The fourth-order valence-electron chi connectivity index (χ4n) is 2.40. The number of carbonyl (C=O) groups is 1. The Balaban J connectivity index is 1.52. The fourth-order valence-corrected chi connectivity index (χ4v) is 3.21. The molecule has 0 atom stereocenters. The first-order chi connectivity index (χ1) is 13.6. The van der Waals surface area contributed by atoms with Gasteiger partial charge in [0.2, 0.25) is 5.91 Å². The van der Waals surface area contributed by atoms with Crippen LogP contribution in [-0.4, -0.2) is 22.0 Å². The smallest absolute Gasteiger partial charge is 0.273 e. The molecule has 0 bridgehead atoms. The van der Waals surface area contributed by atoms with E-state index in [1.54, 1.807) is 24.3 Å². The van der Waals surface area contributed by atoms with Crippen LogP contribution in [0.5, 0.6) is 0 Å². The number of hydrazone groups is 1. The Labute approximate surface area is 165 Å². The second-order valence-electron chi connectivity index (χ2n) is 5.66. The van der Waals surface area contributed by atoms with Gasteiger partial charge in [-0.2, -0.15) is 5.10 Å². The minimum atomic E-state index is -0.448. The molecule has 1 aromatic heterocycles. The number of benzene rings is 2. The number of aromatic nitrogens is 1. The lowest BCUT2D eigenvalue weighted by atomic mass is 10.2. The lowest BCUT2D eigenvalue weighted by Gasteiger charge is -1.97. The van der Waals surface area contributed by atoms with Gasteiger partial charge in [-0.3, -0.25) is 14.9 Å². The Morgan fingerprint density at radius 2 is 1.93 bits per heavy atom. The number of carbonyl (C=O) groups excluding carboxylic acids is 1. The molecule has 0 fully saturated rings. The summed E-state index contributed by atoms with van der Waals surface area (Å²) in [6.45, 7) is 0. The van der Waals surface area contributed by atoms with Gasteiger partial charge in [-0.1, -0.05) is 42.5 Å². The number of nitrogens with zero attached hydrogens (tertiary/aromatic N) is 3. The summed E-state index contributed by atoms with van der Waals surface area (Å²) in [5, 5.41) is 17.4. The molecule has 140 valence electrons. The van der Waals surface area contributed by atoms with Crippen LogP contribution in [0, 0.1) is 10.1 Å². The van der Waals surface area contributed by atoms with Crippen LogP contribution >= 0.6 is 11.3 Å². The Morgan fingerprint density at radius 3 is 2.71 bits per heavy atom. The van der Waals surface area contributed by atoms with Gasteiger partial charge in [-0.25, -0.2) is 10.4 Å². The van der Waals surface area contributed by atoms with Crippen molar-refractivity contribution in [1.82, 2.24) is 10.4 Å². The van der Waals surface area contributed by atoms with E-state index in [9.17, 15) is 14.9 Å². The average Bonchev–Trinajstić information content (AvgIpc) is 3.17. The summed E-state index contributed by atoms with van der Waals surface area (Å²) in [4.78, 5) is 26.9. The highest BCUT2D eigenvalue weighted by molar-refractivity contribution is 7.10. The molecule has 0 radical (unpaired) electrons. The van der Waals surface area contributed by atoms with Gasteiger partial charge >= 0.3 is 0 Å². The number of amides is 1. The molecule has 0 saturated carbocycles. The van der Waals surface area contributed by atoms with E-state index < -0.39 is 4.92 Å². The number of rotatable bonds is 7. The normalized spacial score (nSPS) is 11.1. The Morgan fingerprint density at radius 1 is 1.18 bits per heavy atom. The van der Waals surface area contributed by atoms with E-state index in [2.05, 4.69) is 15.5 Å². The van der Waals surface area contributed by atoms with E-state index in [4.69, 9.17) is 0 Å². The largest absolute Gasteiger partial charge is 0.276 e. The van der Waals surface area contributed by atoms with Crippen molar-refractivity contribution < 1.29 is 9.72 Å². The highest BCUT2D eigenvalue weighted by Crippen LogP contribution is 2.21. The van der Waals surface area contributed by atoms with Crippen molar-refractivity contribution in [3.05, 3.63) is 86.7 Å². The average molecular weight is 392 g/mol. The van der Waals surface area contributed by atoms with Crippen molar-refractivity contribution in [2.24, 2.45) is 5.10 Å². The number of hydrogen-bond donors (Lipinski definition) is 1. The van der Waals surface area contributed by atoms with Crippen molar-refractivity contribution in [3.63, 3.8) is 0 Å². The van der Waals surface area contributed by atoms with Crippen molar-refractivity contribution in [2.75, 3.05) is 0 Å². The van der Waals surface area contributed by atoms with Crippen LogP contribution in [-0.2, 0) is 11.2 Å². The fraction of sp³-hybridized carbons (Fsp3) is 0.0500.